The summed E-state index contributed by atoms with van der Waals surface area (Å²) in [6.07, 6.45) is 1.47. The number of benzene rings is 1. The number of thiazole rings is 1. The van der Waals surface area contributed by atoms with Crippen molar-refractivity contribution in [1.29, 1.82) is 0 Å². The number of aryl methyl sites for hydroxylation is 1. The minimum absolute atomic E-state index is 0.0330. The number of sulfone groups is 1. The summed E-state index contributed by atoms with van der Waals surface area (Å²) in [5.41, 5.74) is 0.365. The maximum atomic E-state index is 14.0. The average molecular weight is 426 g/mol. The molecule has 6 nitrogen and oxygen atoms in total. The molecule has 27 heavy (non-hydrogen) atoms. The number of amides is 1. The number of carbonyl (C=O) groups excluding carboxylic acids is 1. The third-order valence-corrected chi connectivity index (χ3v) is 7.25. The van der Waals surface area contributed by atoms with E-state index in [2.05, 4.69) is 15.3 Å². The third kappa shape index (κ3) is 4.32. The van der Waals surface area contributed by atoms with Gasteiger partial charge >= 0.3 is 0 Å². The highest BCUT2D eigenvalue weighted by atomic mass is 35.5. The summed E-state index contributed by atoms with van der Waals surface area (Å²) in [7, 11) is -3.87. The zero-order valence-electron chi connectivity index (χ0n) is 13.9. The predicted octanol–water partition coefficient (Wildman–Crippen LogP) is 3.87. The van der Waals surface area contributed by atoms with Gasteiger partial charge < -0.3 is 0 Å². The molecule has 2 heterocycles. The summed E-state index contributed by atoms with van der Waals surface area (Å²) in [6, 6.07) is 9.03. The van der Waals surface area contributed by atoms with Crippen LogP contribution in [0.2, 0.25) is 5.02 Å². The van der Waals surface area contributed by atoms with Crippen molar-refractivity contribution in [1.82, 2.24) is 9.97 Å². The van der Waals surface area contributed by atoms with Crippen LogP contribution in [0.4, 0.5) is 9.52 Å². The van der Waals surface area contributed by atoms with Crippen LogP contribution in [0, 0.1) is 12.7 Å². The largest absolute Gasteiger partial charge is 0.296 e. The highest BCUT2D eigenvalue weighted by Gasteiger charge is 2.25. The van der Waals surface area contributed by atoms with Gasteiger partial charge in [0.1, 0.15) is 15.7 Å². The fraction of sp³-hybridized carbons (Fsp3) is 0.118. The molecule has 140 valence electrons. The molecule has 1 aromatic carbocycles. The van der Waals surface area contributed by atoms with E-state index < -0.39 is 27.3 Å². The second kappa shape index (κ2) is 7.71. The van der Waals surface area contributed by atoms with Crippen molar-refractivity contribution in [2.45, 2.75) is 16.9 Å². The summed E-state index contributed by atoms with van der Waals surface area (Å²) in [4.78, 5) is 20.1. The number of hydrogen-bond donors (Lipinski definition) is 1. The van der Waals surface area contributed by atoms with Crippen LogP contribution in [0.15, 0.2) is 46.8 Å². The zero-order chi connectivity index (χ0) is 19.6. The van der Waals surface area contributed by atoms with Crippen LogP contribution in [0.25, 0.3) is 0 Å². The Kier molecular flexibility index (Phi) is 5.54. The summed E-state index contributed by atoms with van der Waals surface area (Å²) < 4.78 is 39.4. The number of anilines is 1. The molecule has 0 atom stereocenters. The molecule has 0 aliphatic rings. The third-order valence-electron chi connectivity index (χ3n) is 3.53. The number of nitrogens with one attached hydrogen (secondary N) is 1. The molecule has 0 spiro atoms. The molecule has 0 saturated heterocycles. The maximum Gasteiger partial charge on any atom is 0.276 e. The first-order valence-corrected chi connectivity index (χ1v) is 10.5. The minimum atomic E-state index is -3.87. The molecule has 0 radical (unpaired) electrons. The molecule has 0 bridgehead atoms. The lowest BCUT2D eigenvalue weighted by Crippen LogP contribution is -2.13. The van der Waals surface area contributed by atoms with Gasteiger partial charge in [0.15, 0.2) is 15.0 Å². The molecular formula is C17H13ClFN3O3S2. The van der Waals surface area contributed by atoms with Gasteiger partial charge in [0.05, 0.1) is 16.5 Å². The molecule has 2 aromatic heterocycles. The fourth-order valence-electron chi connectivity index (χ4n) is 2.31. The van der Waals surface area contributed by atoms with Gasteiger partial charge in [0, 0.05) is 11.8 Å². The van der Waals surface area contributed by atoms with E-state index in [9.17, 15) is 17.6 Å². The van der Waals surface area contributed by atoms with Crippen molar-refractivity contribution in [2.75, 3.05) is 5.32 Å². The number of hydrogen-bond acceptors (Lipinski definition) is 6. The van der Waals surface area contributed by atoms with E-state index in [-0.39, 0.29) is 31.3 Å². The molecule has 0 aliphatic carbocycles. The Hall–Kier alpha value is -2.36. The SMILES string of the molecule is Cc1nc(NC(=O)c2ccccn2)sc1S(=O)(=O)Cc1cccc(Cl)c1F. The van der Waals surface area contributed by atoms with Gasteiger partial charge in [0.2, 0.25) is 0 Å². The van der Waals surface area contributed by atoms with Gasteiger partial charge in [-0.2, -0.15) is 0 Å². The van der Waals surface area contributed by atoms with Crippen LogP contribution >= 0.6 is 22.9 Å². The number of pyridine rings is 1. The van der Waals surface area contributed by atoms with Crippen molar-refractivity contribution >= 4 is 43.8 Å². The smallest absolute Gasteiger partial charge is 0.276 e. The molecule has 10 heteroatoms. The van der Waals surface area contributed by atoms with Crippen molar-refractivity contribution in [2.24, 2.45) is 0 Å². The number of carbonyl (C=O) groups is 1. The highest BCUT2D eigenvalue weighted by molar-refractivity contribution is 7.92. The van der Waals surface area contributed by atoms with E-state index in [1.165, 1.54) is 37.4 Å². The van der Waals surface area contributed by atoms with Crippen LogP contribution in [0.1, 0.15) is 21.7 Å². The lowest BCUT2D eigenvalue weighted by atomic mass is 10.2. The molecule has 1 N–H and O–H groups in total. The van der Waals surface area contributed by atoms with E-state index in [1.807, 2.05) is 0 Å². The molecular weight excluding hydrogens is 413 g/mol. The van der Waals surface area contributed by atoms with Crippen molar-refractivity contribution in [3.63, 3.8) is 0 Å². The van der Waals surface area contributed by atoms with Crippen LogP contribution < -0.4 is 5.32 Å². The van der Waals surface area contributed by atoms with E-state index in [4.69, 9.17) is 11.6 Å². The minimum Gasteiger partial charge on any atom is -0.296 e. The van der Waals surface area contributed by atoms with Crippen molar-refractivity contribution in [3.05, 3.63) is 70.4 Å². The van der Waals surface area contributed by atoms with Gasteiger partial charge in [-0.1, -0.05) is 41.1 Å². The van der Waals surface area contributed by atoms with Crippen molar-refractivity contribution in [3.8, 4) is 0 Å². The van der Waals surface area contributed by atoms with Crippen LogP contribution in [-0.4, -0.2) is 24.3 Å². The normalized spacial score (nSPS) is 11.4. The van der Waals surface area contributed by atoms with Crippen LogP contribution in [0.3, 0.4) is 0 Å². The quantitative estimate of drug-likeness (QED) is 0.670. The predicted molar refractivity (Wildman–Crippen MR) is 101 cm³/mol. The van der Waals surface area contributed by atoms with Gasteiger partial charge in [-0.25, -0.2) is 17.8 Å². The van der Waals surface area contributed by atoms with E-state index in [0.29, 0.717) is 0 Å². The zero-order valence-corrected chi connectivity index (χ0v) is 16.3. The Balaban J connectivity index is 1.85. The molecule has 0 saturated carbocycles. The lowest BCUT2D eigenvalue weighted by molar-refractivity contribution is 0.102. The standard InChI is InChI=1S/C17H13ClFN3O3S2/c1-10-16(27(24,25)9-11-5-4-6-12(18)14(11)19)26-17(21-10)22-15(23)13-7-2-3-8-20-13/h2-8H,9H2,1H3,(H,21,22,23). The van der Waals surface area contributed by atoms with Gasteiger partial charge in [-0.05, 0) is 25.1 Å². The summed E-state index contributed by atoms with van der Waals surface area (Å²) in [5, 5.41) is 2.49. The van der Waals surface area contributed by atoms with E-state index in [0.717, 1.165) is 11.3 Å². The van der Waals surface area contributed by atoms with Crippen LogP contribution in [0.5, 0.6) is 0 Å². The second-order valence-corrected chi connectivity index (χ2v) is 9.12. The molecule has 0 aliphatic heterocycles. The molecule has 3 aromatic rings. The summed E-state index contributed by atoms with van der Waals surface area (Å²) in [6.45, 7) is 1.51. The Morgan fingerprint density at radius 3 is 2.74 bits per heavy atom. The Bertz CT molecular complexity index is 1100. The number of nitrogens with zero attached hydrogens (tertiary/aromatic N) is 2. The molecule has 0 fully saturated rings. The maximum absolute atomic E-state index is 14.0. The topological polar surface area (TPSA) is 89.0 Å². The summed E-state index contributed by atoms with van der Waals surface area (Å²) >= 11 is 6.51. The molecule has 1 amide bonds. The van der Waals surface area contributed by atoms with E-state index >= 15 is 0 Å². The number of halogens is 2. The van der Waals surface area contributed by atoms with Gasteiger partial charge in [-0.15, -0.1) is 0 Å². The lowest BCUT2D eigenvalue weighted by Gasteiger charge is -2.05. The molecule has 3 rings (SSSR count). The fourth-order valence-corrected chi connectivity index (χ4v) is 5.38. The Labute approximate surface area is 164 Å². The van der Waals surface area contributed by atoms with E-state index in [1.54, 1.807) is 12.1 Å². The van der Waals surface area contributed by atoms with Gasteiger partial charge in [0.25, 0.3) is 5.91 Å². The summed E-state index contributed by atoms with van der Waals surface area (Å²) in [5.74, 6) is -1.83. The Morgan fingerprint density at radius 2 is 2.04 bits per heavy atom. The number of rotatable bonds is 5. The Morgan fingerprint density at radius 1 is 1.26 bits per heavy atom. The number of aromatic nitrogens is 2. The average Bonchev–Trinajstić information content (AvgIpc) is 3.01. The highest BCUT2D eigenvalue weighted by Crippen LogP contribution is 2.31. The van der Waals surface area contributed by atoms with Crippen molar-refractivity contribution < 1.29 is 17.6 Å². The monoisotopic (exact) mass is 425 g/mol. The first-order chi connectivity index (χ1) is 12.8. The molecule has 0 unspecified atom stereocenters. The second-order valence-electron chi connectivity index (χ2n) is 5.53. The van der Waals surface area contributed by atoms with Crippen LogP contribution in [-0.2, 0) is 15.6 Å². The van der Waals surface area contributed by atoms with Gasteiger partial charge in [-0.3, -0.25) is 15.1 Å². The first kappa shape index (κ1) is 19.4. The first-order valence-electron chi connectivity index (χ1n) is 7.63.